The first-order valence-electron chi connectivity index (χ1n) is 4.45. The lowest BCUT2D eigenvalue weighted by molar-refractivity contribution is -0.144. The number of esters is 1. The summed E-state index contributed by atoms with van der Waals surface area (Å²) >= 11 is 5.83. The molecule has 0 aromatic heterocycles. The average molecular weight is 213 g/mol. The van der Waals surface area contributed by atoms with Crippen molar-refractivity contribution in [1.82, 2.24) is 0 Å². The maximum atomic E-state index is 11.1. The first-order chi connectivity index (χ1) is 6.63. The zero-order valence-corrected chi connectivity index (χ0v) is 9.04. The fourth-order valence-corrected chi connectivity index (χ4v) is 1.51. The van der Waals surface area contributed by atoms with Gasteiger partial charge in [0.15, 0.2) is 0 Å². The quantitative estimate of drug-likeness (QED) is 0.721. The van der Waals surface area contributed by atoms with Crippen molar-refractivity contribution >= 4 is 17.6 Å². The highest BCUT2D eigenvalue weighted by Gasteiger charge is 2.13. The zero-order chi connectivity index (χ0) is 10.6. The number of halogens is 1. The van der Waals surface area contributed by atoms with E-state index in [4.69, 9.17) is 11.6 Å². The monoisotopic (exact) mass is 212 g/mol. The molecule has 3 heteroatoms. The summed E-state index contributed by atoms with van der Waals surface area (Å²) < 4.78 is 4.64. The first-order valence-corrected chi connectivity index (χ1v) is 4.83. The average Bonchev–Trinajstić information content (AvgIpc) is 2.16. The van der Waals surface area contributed by atoms with Crippen molar-refractivity contribution < 1.29 is 9.53 Å². The smallest absolute Gasteiger partial charge is 0.308 e. The van der Waals surface area contributed by atoms with E-state index in [2.05, 4.69) is 4.74 Å². The fourth-order valence-electron chi connectivity index (χ4n) is 1.30. The summed E-state index contributed by atoms with van der Waals surface area (Å²) in [6.45, 7) is 1.84. The summed E-state index contributed by atoms with van der Waals surface area (Å²) in [6, 6.07) is 7.50. The fraction of sp³-hybridized carbons (Fsp3) is 0.364. The summed E-state index contributed by atoms with van der Waals surface area (Å²) in [5.74, 6) is -0.316. The van der Waals surface area contributed by atoms with Crippen LogP contribution in [0.5, 0.6) is 0 Å². The molecule has 0 radical (unpaired) electrons. The SMILES string of the molecule is COC(=O)C(C)Cc1cccc(Cl)c1. The number of carbonyl (C=O) groups excluding carboxylic acids is 1. The number of hydrogen-bond acceptors (Lipinski definition) is 2. The molecule has 0 amide bonds. The normalized spacial score (nSPS) is 12.2. The van der Waals surface area contributed by atoms with Crippen LogP contribution in [0.2, 0.25) is 5.02 Å². The van der Waals surface area contributed by atoms with Crippen LogP contribution in [-0.4, -0.2) is 13.1 Å². The summed E-state index contributed by atoms with van der Waals surface area (Å²) in [5.41, 5.74) is 1.05. The van der Waals surface area contributed by atoms with Gasteiger partial charge in [-0.15, -0.1) is 0 Å². The van der Waals surface area contributed by atoms with Crippen molar-refractivity contribution in [1.29, 1.82) is 0 Å². The van der Waals surface area contributed by atoms with E-state index < -0.39 is 0 Å². The number of benzene rings is 1. The van der Waals surface area contributed by atoms with Gasteiger partial charge >= 0.3 is 5.97 Å². The minimum absolute atomic E-state index is 0.126. The lowest BCUT2D eigenvalue weighted by atomic mass is 10.0. The molecule has 0 saturated carbocycles. The highest BCUT2D eigenvalue weighted by Crippen LogP contribution is 2.14. The largest absolute Gasteiger partial charge is 0.469 e. The number of carbonyl (C=O) groups is 1. The van der Waals surface area contributed by atoms with Crippen LogP contribution in [0.3, 0.4) is 0 Å². The molecule has 1 aromatic rings. The summed E-state index contributed by atoms with van der Waals surface area (Å²) in [4.78, 5) is 11.1. The van der Waals surface area contributed by atoms with Crippen molar-refractivity contribution in [2.45, 2.75) is 13.3 Å². The van der Waals surface area contributed by atoms with Crippen LogP contribution >= 0.6 is 11.6 Å². The van der Waals surface area contributed by atoms with E-state index in [0.717, 1.165) is 5.56 Å². The molecular formula is C11H13ClO2. The van der Waals surface area contributed by atoms with Gasteiger partial charge in [0.2, 0.25) is 0 Å². The van der Waals surface area contributed by atoms with Gasteiger partial charge in [-0.05, 0) is 24.1 Å². The number of methoxy groups -OCH3 is 1. The third-order valence-corrected chi connectivity index (χ3v) is 2.27. The molecule has 0 aliphatic heterocycles. The van der Waals surface area contributed by atoms with Gasteiger partial charge in [0.25, 0.3) is 0 Å². The van der Waals surface area contributed by atoms with Crippen molar-refractivity contribution in [3.8, 4) is 0 Å². The molecule has 0 bridgehead atoms. The molecule has 1 aromatic carbocycles. The molecule has 0 N–H and O–H groups in total. The number of rotatable bonds is 3. The highest BCUT2D eigenvalue weighted by molar-refractivity contribution is 6.30. The Morgan fingerprint density at radius 1 is 1.57 bits per heavy atom. The minimum atomic E-state index is -0.190. The lowest BCUT2D eigenvalue weighted by Gasteiger charge is -2.08. The van der Waals surface area contributed by atoms with Crippen molar-refractivity contribution in [2.75, 3.05) is 7.11 Å². The van der Waals surface area contributed by atoms with Crippen molar-refractivity contribution in [3.05, 3.63) is 34.9 Å². The molecule has 14 heavy (non-hydrogen) atoms. The van der Waals surface area contributed by atoms with E-state index in [1.165, 1.54) is 7.11 Å². The van der Waals surface area contributed by atoms with Gasteiger partial charge in [0, 0.05) is 5.02 Å². The van der Waals surface area contributed by atoms with E-state index in [9.17, 15) is 4.79 Å². The topological polar surface area (TPSA) is 26.3 Å². The van der Waals surface area contributed by atoms with Crippen LogP contribution in [0, 0.1) is 5.92 Å². The van der Waals surface area contributed by atoms with Gasteiger partial charge < -0.3 is 4.74 Å². The second-order valence-corrected chi connectivity index (χ2v) is 3.69. The van der Waals surface area contributed by atoms with E-state index in [-0.39, 0.29) is 11.9 Å². The molecule has 76 valence electrons. The predicted octanol–water partition coefficient (Wildman–Crippen LogP) is 2.69. The minimum Gasteiger partial charge on any atom is -0.469 e. The lowest BCUT2D eigenvalue weighted by Crippen LogP contribution is -2.14. The molecule has 0 aliphatic rings. The van der Waals surface area contributed by atoms with Gasteiger partial charge in [-0.25, -0.2) is 0 Å². The highest BCUT2D eigenvalue weighted by atomic mass is 35.5. The zero-order valence-electron chi connectivity index (χ0n) is 8.29. The Bertz CT molecular complexity index is 323. The van der Waals surface area contributed by atoms with E-state index in [1.54, 1.807) is 0 Å². The van der Waals surface area contributed by atoms with Crippen LogP contribution < -0.4 is 0 Å². The Hall–Kier alpha value is -1.02. The Labute approximate surface area is 88.8 Å². The van der Waals surface area contributed by atoms with Crippen molar-refractivity contribution in [2.24, 2.45) is 5.92 Å². The van der Waals surface area contributed by atoms with Crippen LogP contribution in [0.1, 0.15) is 12.5 Å². The molecule has 0 spiro atoms. The van der Waals surface area contributed by atoms with Gasteiger partial charge in [0.1, 0.15) is 0 Å². The summed E-state index contributed by atoms with van der Waals surface area (Å²) in [5, 5.41) is 0.694. The number of ether oxygens (including phenoxy) is 1. The van der Waals surface area contributed by atoms with Gasteiger partial charge in [0.05, 0.1) is 13.0 Å². The molecule has 0 fully saturated rings. The number of hydrogen-bond donors (Lipinski definition) is 0. The van der Waals surface area contributed by atoms with Crippen LogP contribution in [0.15, 0.2) is 24.3 Å². The third-order valence-electron chi connectivity index (χ3n) is 2.03. The molecule has 0 saturated heterocycles. The van der Waals surface area contributed by atoms with E-state index in [1.807, 2.05) is 31.2 Å². The Kier molecular flexibility index (Phi) is 3.96. The standard InChI is InChI=1S/C11H13ClO2/c1-8(11(13)14-2)6-9-4-3-5-10(12)7-9/h3-5,7-8H,6H2,1-2H3. The Morgan fingerprint density at radius 3 is 2.86 bits per heavy atom. The molecule has 1 unspecified atom stereocenters. The van der Waals surface area contributed by atoms with E-state index >= 15 is 0 Å². The second kappa shape index (κ2) is 5.01. The second-order valence-electron chi connectivity index (χ2n) is 3.26. The maximum absolute atomic E-state index is 11.1. The van der Waals surface area contributed by atoms with E-state index in [0.29, 0.717) is 11.4 Å². The molecule has 0 aliphatic carbocycles. The van der Waals surface area contributed by atoms with Gasteiger partial charge in [-0.3, -0.25) is 4.79 Å². The molecule has 1 rings (SSSR count). The molecular weight excluding hydrogens is 200 g/mol. The molecule has 0 heterocycles. The molecule has 2 nitrogen and oxygen atoms in total. The third kappa shape index (κ3) is 3.04. The Balaban J connectivity index is 2.64. The first kappa shape index (κ1) is 11.1. The maximum Gasteiger partial charge on any atom is 0.308 e. The molecule has 1 atom stereocenters. The van der Waals surface area contributed by atoms with Crippen LogP contribution in [-0.2, 0) is 16.0 Å². The van der Waals surface area contributed by atoms with Crippen LogP contribution in [0.4, 0.5) is 0 Å². The summed E-state index contributed by atoms with van der Waals surface area (Å²) in [6.07, 6.45) is 0.660. The Morgan fingerprint density at radius 2 is 2.29 bits per heavy atom. The summed E-state index contributed by atoms with van der Waals surface area (Å²) in [7, 11) is 1.40. The van der Waals surface area contributed by atoms with Crippen LogP contribution in [0.25, 0.3) is 0 Å². The van der Waals surface area contributed by atoms with Gasteiger partial charge in [-0.1, -0.05) is 30.7 Å². The van der Waals surface area contributed by atoms with Gasteiger partial charge in [-0.2, -0.15) is 0 Å². The predicted molar refractivity (Wildman–Crippen MR) is 56.3 cm³/mol. The van der Waals surface area contributed by atoms with Crippen molar-refractivity contribution in [3.63, 3.8) is 0 Å².